The quantitative estimate of drug-likeness (QED) is 0.820. The summed E-state index contributed by atoms with van der Waals surface area (Å²) in [6.45, 7) is 15.5. The molecule has 0 amide bonds. The Bertz CT molecular complexity index is 856. The van der Waals surface area contributed by atoms with Crippen LogP contribution in [0, 0.1) is 6.92 Å². The first-order chi connectivity index (χ1) is 11.0. The second kappa shape index (κ2) is 6.61. The maximum absolute atomic E-state index is 12.8. The lowest BCUT2D eigenvalue weighted by Crippen LogP contribution is -2.43. The van der Waals surface area contributed by atoms with Crippen molar-refractivity contribution < 1.29 is 4.43 Å². The summed E-state index contributed by atoms with van der Waals surface area (Å²) in [4.78, 5) is 29.7. The Morgan fingerprint density at radius 3 is 2.42 bits per heavy atom. The average molecular weight is 369 g/mol. The third kappa shape index (κ3) is 3.43. The molecule has 24 heavy (non-hydrogen) atoms. The van der Waals surface area contributed by atoms with E-state index in [9.17, 15) is 9.59 Å². The van der Waals surface area contributed by atoms with Gasteiger partial charge in [-0.3, -0.25) is 14.3 Å². The molecule has 0 bridgehead atoms. The third-order valence-corrected chi connectivity index (χ3v) is 11.0. The molecule has 134 valence electrons. The van der Waals surface area contributed by atoms with Gasteiger partial charge in [-0.2, -0.15) is 0 Å². The predicted octanol–water partition coefficient (Wildman–Crippen LogP) is 3.64. The molecule has 1 N–H and O–H groups in total. The smallest absolute Gasteiger partial charge is 0.329 e. The zero-order valence-corrected chi connectivity index (χ0v) is 17.5. The summed E-state index contributed by atoms with van der Waals surface area (Å²) in [5, 5.41) is 0.748. The molecule has 0 saturated heterocycles. The SMILES string of the molecule is CCc1sc2[nH]c(=O)n(CCO[Si](C)(C)C(C)(C)C)c(=O)c2c1C. The molecule has 0 unspecified atom stereocenters. The van der Waals surface area contributed by atoms with Crippen LogP contribution >= 0.6 is 11.3 Å². The molecule has 2 rings (SSSR count). The van der Waals surface area contributed by atoms with Gasteiger partial charge >= 0.3 is 5.69 Å². The number of hydrogen-bond acceptors (Lipinski definition) is 4. The van der Waals surface area contributed by atoms with Gasteiger partial charge in [0.15, 0.2) is 8.32 Å². The molecule has 2 aromatic rings. The Labute approximate surface area is 147 Å². The summed E-state index contributed by atoms with van der Waals surface area (Å²) in [6.07, 6.45) is 0.862. The Hall–Kier alpha value is -1.18. The fourth-order valence-corrected chi connectivity index (χ4v) is 4.61. The normalized spacial score (nSPS) is 13.0. The molecule has 2 heterocycles. The molecule has 0 radical (unpaired) electrons. The number of rotatable bonds is 5. The van der Waals surface area contributed by atoms with E-state index in [0.717, 1.165) is 16.9 Å². The average Bonchev–Trinajstić information content (AvgIpc) is 2.77. The van der Waals surface area contributed by atoms with E-state index < -0.39 is 8.32 Å². The summed E-state index contributed by atoms with van der Waals surface area (Å²) in [6, 6.07) is 0. The van der Waals surface area contributed by atoms with E-state index in [-0.39, 0.29) is 22.8 Å². The highest BCUT2D eigenvalue weighted by atomic mass is 32.1. The summed E-state index contributed by atoms with van der Waals surface area (Å²) in [7, 11) is -1.89. The van der Waals surface area contributed by atoms with Gasteiger partial charge in [-0.1, -0.05) is 27.7 Å². The molecule has 0 atom stereocenters. The Morgan fingerprint density at radius 1 is 1.25 bits per heavy atom. The first kappa shape index (κ1) is 19.1. The molecule has 5 nitrogen and oxygen atoms in total. The second-order valence-electron chi connectivity index (χ2n) is 7.70. The highest BCUT2D eigenvalue weighted by Gasteiger charge is 2.36. The van der Waals surface area contributed by atoms with E-state index in [2.05, 4.69) is 45.8 Å². The molecule has 0 fully saturated rings. The number of thiophene rings is 1. The molecule has 7 heteroatoms. The molecule has 0 aliphatic carbocycles. The molecule has 0 saturated carbocycles. The van der Waals surface area contributed by atoms with Crippen LogP contribution in [0.25, 0.3) is 10.2 Å². The maximum atomic E-state index is 12.8. The topological polar surface area (TPSA) is 64.1 Å². The summed E-state index contributed by atoms with van der Waals surface area (Å²) in [5.74, 6) is 0. The molecule has 2 aromatic heterocycles. The molecular weight excluding hydrogens is 340 g/mol. The fraction of sp³-hybridized carbons (Fsp3) is 0.647. The van der Waals surface area contributed by atoms with E-state index in [1.807, 2.05) is 6.92 Å². The second-order valence-corrected chi connectivity index (χ2v) is 13.6. The third-order valence-electron chi connectivity index (χ3n) is 5.08. The first-order valence-electron chi connectivity index (χ1n) is 8.38. The molecule has 0 aliphatic heterocycles. The van der Waals surface area contributed by atoms with Crippen LogP contribution in [-0.2, 0) is 17.4 Å². The van der Waals surface area contributed by atoms with E-state index in [1.165, 1.54) is 15.9 Å². The van der Waals surface area contributed by atoms with Crippen LogP contribution in [0.3, 0.4) is 0 Å². The molecule has 0 aliphatic rings. The van der Waals surface area contributed by atoms with Gasteiger partial charge in [-0.05, 0) is 37.0 Å². The highest BCUT2D eigenvalue weighted by molar-refractivity contribution is 7.18. The first-order valence-corrected chi connectivity index (χ1v) is 12.1. The minimum absolute atomic E-state index is 0.105. The largest absolute Gasteiger partial charge is 0.415 e. The number of H-pyrrole nitrogens is 1. The number of hydrogen-bond donors (Lipinski definition) is 1. The zero-order valence-electron chi connectivity index (χ0n) is 15.7. The van der Waals surface area contributed by atoms with Gasteiger partial charge in [0.05, 0.1) is 18.5 Å². The number of nitrogens with one attached hydrogen (secondary N) is 1. The minimum atomic E-state index is -1.89. The van der Waals surface area contributed by atoms with Gasteiger partial charge in [-0.25, -0.2) is 4.79 Å². The van der Waals surface area contributed by atoms with Crippen molar-refractivity contribution in [3.63, 3.8) is 0 Å². The van der Waals surface area contributed by atoms with Crippen LogP contribution in [0.4, 0.5) is 0 Å². The lowest BCUT2D eigenvalue weighted by molar-refractivity contribution is 0.268. The van der Waals surface area contributed by atoms with Crippen LogP contribution in [0.5, 0.6) is 0 Å². The van der Waals surface area contributed by atoms with Crippen molar-refractivity contribution >= 4 is 29.9 Å². The van der Waals surface area contributed by atoms with Crippen molar-refractivity contribution in [2.75, 3.05) is 6.61 Å². The van der Waals surface area contributed by atoms with Crippen molar-refractivity contribution in [2.24, 2.45) is 0 Å². The standard InChI is InChI=1S/C17H28N2O3SSi/c1-8-12-11(2)13-14(23-12)18-16(21)19(15(13)20)9-10-22-24(6,7)17(3,4)5/h8-10H2,1-7H3,(H,18,21). The minimum Gasteiger partial charge on any atom is -0.415 e. The Morgan fingerprint density at radius 2 is 1.88 bits per heavy atom. The van der Waals surface area contributed by atoms with Gasteiger partial charge in [-0.15, -0.1) is 11.3 Å². The number of aromatic nitrogens is 2. The van der Waals surface area contributed by atoms with Crippen molar-refractivity contribution in [2.45, 2.75) is 65.7 Å². The van der Waals surface area contributed by atoms with Crippen LogP contribution in [-0.4, -0.2) is 24.5 Å². The summed E-state index contributed by atoms with van der Waals surface area (Å²) in [5.41, 5.74) is 0.425. The zero-order chi connectivity index (χ0) is 18.3. The van der Waals surface area contributed by atoms with Crippen LogP contribution in [0.2, 0.25) is 18.1 Å². The van der Waals surface area contributed by atoms with E-state index in [1.54, 1.807) is 0 Å². The maximum Gasteiger partial charge on any atom is 0.329 e. The monoisotopic (exact) mass is 368 g/mol. The van der Waals surface area contributed by atoms with E-state index >= 15 is 0 Å². The molecular formula is C17H28N2O3SSi. The van der Waals surface area contributed by atoms with Crippen molar-refractivity contribution in [3.8, 4) is 0 Å². The van der Waals surface area contributed by atoms with Crippen LogP contribution in [0.1, 0.15) is 38.1 Å². The van der Waals surface area contributed by atoms with Gasteiger partial charge in [0.1, 0.15) is 4.83 Å². The Balaban J connectivity index is 2.32. The van der Waals surface area contributed by atoms with Crippen molar-refractivity contribution in [1.29, 1.82) is 0 Å². The van der Waals surface area contributed by atoms with Crippen molar-refractivity contribution in [3.05, 3.63) is 31.3 Å². The Kier molecular flexibility index (Phi) is 5.27. The van der Waals surface area contributed by atoms with E-state index in [4.69, 9.17) is 4.43 Å². The van der Waals surface area contributed by atoms with Gasteiger partial charge in [0.2, 0.25) is 0 Å². The molecule has 0 aromatic carbocycles. The number of aromatic amines is 1. The molecule has 0 spiro atoms. The lowest BCUT2D eigenvalue weighted by atomic mass is 10.2. The van der Waals surface area contributed by atoms with Crippen LogP contribution in [0.15, 0.2) is 9.59 Å². The number of nitrogens with zero attached hydrogens (tertiary/aromatic N) is 1. The van der Waals surface area contributed by atoms with Gasteiger partial charge in [0, 0.05) is 4.88 Å². The summed E-state index contributed by atoms with van der Waals surface area (Å²) < 4.78 is 7.38. The number of aryl methyl sites for hydroxylation is 2. The van der Waals surface area contributed by atoms with E-state index in [0.29, 0.717) is 16.8 Å². The number of fused-ring (bicyclic) bond motifs is 1. The van der Waals surface area contributed by atoms with Crippen LogP contribution < -0.4 is 11.2 Å². The summed E-state index contributed by atoms with van der Waals surface area (Å²) >= 11 is 1.50. The van der Waals surface area contributed by atoms with Gasteiger partial charge < -0.3 is 4.43 Å². The predicted molar refractivity (Wildman–Crippen MR) is 104 cm³/mol. The fourth-order valence-electron chi connectivity index (χ4n) is 2.45. The highest BCUT2D eigenvalue weighted by Crippen LogP contribution is 2.36. The lowest BCUT2D eigenvalue weighted by Gasteiger charge is -2.36. The van der Waals surface area contributed by atoms with Gasteiger partial charge in [0.25, 0.3) is 5.56 Å². The van der Waals surface area contributed by atoms with Crippen molar-refractivity contribution in [1.82, 2.24) is 9.55 Å².